The summed E-state index contributed by atoms with van der Waals surface area (Å²) in [7, 11) is 0. The molecule has 0 aliphatic carbocycles. The van der Waals surface area contributed by atoms with Gasteiger partial charge in [-0.05, 0) is 28.6 Å². The summed E-state index contributed by atoms with van der Waals surface area (Å²) in [6.07, 6.45) is 1.38. The third-order valence-electron chi connectivity index (χ3n) is 2.82. The van der Waals surface area contributed by atoms with Gasteiger partial charge in [0.25, 0.3) is 11.6 Å². The Labute approximate surface area is 136 Å². The van der Waals surface area contributed by atoms with Crippen LogP contribution in [0.3, 0.4) is 0 Å². The molecule has 116 valence electrons. The van der Waals surface area contributed by atoms with E-state index in [-0.39, 0.29) is 11.6 Å². The standard InChI is InChI=1S/C12H8BrN7O3/c13-10-3-1-7(20(21)22)5-9(10)11-4-2-8(23-11)6-15-19-12(14)16-17-18-19/h1-6H,(H2,14,16,18)/b15-6-. The Bertz CT molecular complexity index is 902. The van der Waals surface area contributed by atoms with Crippen molar-refractivity contribution in [3.8, 4) is 11.3 Å². The average molecular weight is 378 g/mol. The van der Waals surface area contributed by atoms with Gasteiger partial charge in [-0.2, -0.15) is 5.10 Å². The molecule has 0 saturated carbocycles. The van der Waals surface area contributed by atoms with E-state index < -0.39 is 4.92 Å². The second-order valence-corrected chi connectivity index (χ2v) is 5.15. The third kappa shape index (κ3) is 3.08. The first kappa shape index (κ1) is 14.8. The summed E-state index contributed by atoms with van der Waals surface area (Å²) in [4.78, 5) is 11.4. The minimum atomic E-state index is -0.470. The van der Waals surface area contributed by atoms with Gasteiger partial charge in [0, 0.05) is 22.2 Å². The van der Waals surface area contributed by atoms with E-state index in [0.29, 0.717) is 21.6 Å². The third-order valence-corrected chi connectivity index (χ3v) is 3.52. The maximum Gasteiger partial charge on any atom is 0.270 e. The van der Waals surface area contributed by atoms with E-state index in [9.17, 15) is 10.1 Å². The molecule has 23 heavy (non-hydrogen) atoms. The van der Waals surface area contributed by atoms with E-state index in [1.165, 1.54) is 18.3 Å². The molecule has 0 fully saturated rings. The van der Waals surface area contributed by atoms with Crippen LogP contribution in [0.1, 0.15) is 5.76 Å². The molecule has 1 aromatic carbocycles. The van der Waals surface area contributed by atoms with Crippen molar-refractivity contribution in [1.82, 2.24) is 20.3 Å². The maximum absolute atomic E-state index is 10.9. The molecular formula is C12H8BrN7O3. The molecule has 2 heterocycles. The smallest absolute Gasteiger partial charge is 0.270 e. The number of nitro benzene ring substituents is 1. The zero-order valence-electron chi connectivity index (χ0n) is 11.3. The molecule has 0 amide bonds. The predicted octanol–water partition coefficient (Wildman–Crippen LogP) is 2.07. The first-order valence-corrected chi connectivity index (χ1v) is 6.96. The van der Waals surface area contributed by atoms with Crippen LogP contribution in [0.25, 0.3) is 11.3 Å². The Morgan fingerprint density at radius 1 is 1.39 bits per heavy atom. The molecule has 0 saturated heterocycles. The second-order valence-electron chi connectivity index (χ2n) is 4.29. The van der Waals surface area contributed by atoms with E-state index in [0.717, 1.165) is 4.79 Å². The van der Waals surface area contributed by atoms with Gasteiger partial charge in [0.2, 0.25) is 0 Å². The Morgan fingerprint density at radius 2 is 2.22 bits per heavy atom. The van der Waals surface area contributed by atoms with E-state index in [1.54, 1.807) is 18.2 Å². The number of nitro groups is 1. The van der Waals surface area contributed by atoms with Gasteiger partial charge in [0.15, 0.2) is 0 Å². The fourth-order valence-corrected chi connectivity index (χ4v) is 2.21. The number of nitrogens with two attached hydrogens (primary N) is 1. The molecule has 0 atom stereocenters. The van der Waals surface area contributed by atoms with Crippen molar-refractivity contribution in [2.45, 2.75) is 0 Å². The molecule has 3 aromatic rings. The predicted molar refractivity (Wildman–Crippen MR) is 83.7 cm³/mol. The van der Waals surface area contributed by atoms with Gasteiger partial charge in [-0.1, -0.05) is 25.8 Å². The minimum Gasteiger partial charge on any atom is -0.455 e. The highest BCUT2D eigenvalue weighted by molar-refractivity contribution is 9.10. The molecule has 3 rings (SSSR count). The lowest BCUT2D eigenvalue weighted by molar-refractivity contribution is -0.384. The first-order valence-electron chi connectivity index (χ1n) is 6.17. The van der Waals surface area contributed by atoms with Crippen molar-refractivity contribution in [3.63, 3.8) is 0 Å². The summed E-state index contributed by atoms with van der Waals surface area (Å²) in [5, 5.41) is 25.2. The van der Waals surface area contributed by atoms with Crippen LogP contribution in [0.4, 0.5) is 11.6 Å². The van der Waals surface area contributed by atoms with Crippen molar-refractivity contribution in [2.24, 2.45) is 5.10 Å². The number of tetrazole rings is 1. The summed E-state index contributed by atoms with van der Waals surface area (Å²) in [6.45, 7) is 0. The fourth-order valence-electron chi connectivity index (χ4n) is 1.77. The Morgan fingerprint density at radius 3 is 2.91 bits per heavy atom. The molecule has 0 bridgehead atoms. The van der Waals surface area contributed by atoms with Gasteiger partial charge in [0.1, 0.15) is 11.5 Å². The Balaban J connectivity index is 1.90. The zero-order chi connectivity index (χ0) is 16.4. The van der Waals surface area contributed by atoms with Crippen LogP contribution < -0.4 is 5.73 Å². The molecule has 2 N–H and O–H groups in total. The van der Waals surface area contributed by atoms with Crippen LogP contribution in [0.2, 0.25) is 0 Å². The number of furan rings is 1. The molecule has 0 aliphatic rings. The Hall–Kier alpha value is -3.08. The normalized spacial score (nSPS) is 11.2. The topological polar surface area (TPSA) is 138 Å². The number of anilines is 1. The summed E-state index contributed by atoms with van der Waals surface area (Å²) in [6, 6.07) is 7.74. The van der Waals surface area contributed by atoms with E-state index in [4.69, 9.17) is 10.2 Å². The highest BCUT2D eigenvalue weighted by atomic mass is 79.9. The quantitative estimate of drug-likeness (QED) is 0.417. The zero-order valence-corrected chi connectivity index (χ0v) is 12.9. The molecule has 0 radical (unpaired) electrons. The van der Waals surface area contributed by atoms with Crippen LogP contribution >= 0.6 is 15.9 Å². The number of nitrogen functional groups attached to an aromatic ring is 1. The molecule has 0 unspecified atom stereocenters. The number of aromatic nitrogens is 4. The van der Waals surface area contributed by atoms with Crippen LogP contribution in [-0.2, 0) is 0 Å². The monoisotopic (exact) mass is 377 g/mol. The summed E-state index contributed by atoms with van der Waals surface area (Å²) in [5.41, 5.74) is 6.00. The second kappa shape index (κ2) is 5.96. The lowest BCUT2D eigenvalue weighted by Crippen LogP contribution is -1.99. The summed E-state index contributed by atoms with van der Waals surface area (Å²) < 4.78 is 6.27. The molecule has 2 aromatic heterocycles. The molecule has 0 spiro atoms. The van der Waals surface area contributed by atoms with Crippen molar-refractivity contribution in [2.75, 3.05) is 5.73 Å². The highest BCUT2D eigenvalue weighted by Crippen LogP contribution is 2.32. The van der Waals surface area contributed by atoms with Crippen molar-refractivity contribution < 1.29 is 9.34 Å². The van der Waals surface area contributed by atoms with Gasteiger partial charge in [-0.3, -0.25) is 10.1 Å². The number of hydrogen-bond donors (Lipinski definition) is 1. The van der Waals surface area contributed by atoms with Crippen molar-refractivity contribution >= 4 is 33.8 Å². The van der Waals surface area contributed by atoms with Gasteiger partial charge < -0.3 is 10.2 Å². The summed E-state index contributed by atoms with van der Waals surface area (Å²) >= 11 is 3.34. The molecule has 0 aliphatic heterocycles. The number of rotatable bonds is 4. The number of benzene rings is 1. The lowest BCUT2D eigenvalue weighted by Gasteiger charge is -2.00. The van der Waals surface area contributed by atoms with Crippen LogP contribution in [0.5, 0.6) is 0 Å². The number of hydrogen-bond acceptors (Lipinski definition) is 8. The highest BCUT2D eigenvalue weighted by Gasteiger charge is 2.13. The van der Waals surface area contributed by atoms with Gasteiger partial charge in [-0.25, -0.2) is 0 Å². The number of halogens is 1. The Kier molecular flexibility index (Phi) is 3.85. The fraction of sp³-hybridized carbons (Fsp3) is 0. The van der Waals surface area contributed by atoms with Gasteiger partial charge in [0.05, 0.1) is 11.1 Å². The van der Waals surface area contributed by atoms with E-state index in [1.807, 2.05) is 0 Å². The largest absolute Gasteiger partial charge is 0.455 e. The number of nitrogens with zero attached hydrogens (tertiary/aromatic N) is 6. The van der Waals surface area contributed by atoms with Crippen molar-refractivity contribution in [1.29, 1.82) is 0 Å². The minimum absolute atomic E-state index is 0.0312. The molecular weight excluding hydrogens is 370 g/mol. The van der Waals surface area contributed by atoms with Gasteiger partial charge >= 0.3 is 0 Å². The molecule has 10 nitrogen and oxygen atoms in total. The SMILES string of the molecule is Nc1nnnn1/N=C\c1ccc(-c2cc([N+](=O)[O-])ccc2Br)o1. The lowest BCUT2D eigenvalue weighted by atomic mass is 10.1. The van der Waals surface area contributed by atoms with Crippen LogP contribution in [-0.4, -0.2) is 31.5 Å². The maximum atomic E-state index is 10.9. The van der Waals surface area contributed by atoms with E-state index in [2.05, 4.69) is 36.6 Å². The number of non-ortho nitro benzene ring substituents is 1. The van der Waals surface area contributed by atoms with Crippen LogP contribution in [0, 0.1) is 10.1 Å². The van der Waals surface area contributed by atoms with Crippen molar-refractivity contribution in [3.05, 3.63) is 50.7 Å². The van der Waals surface area contributed by atoms with Crippen LogP contribution in [0.15, 0.2) is 44.3 Å². The van der Waals surface area contributed by atoms with Gasteiger partial charge in [-0.15, -0.1) is 0 Å². The average Bonchev–Trinajstić information content (AvgIpc) is 3.14. The first-order chi connectivity index (χ1) is 11.0. The van der Waals surface area contributed by atoms with E-state index >= 15 is 0 Å². The summed E-state index contributed by atoms with van der Waals surface area (Å²) in [5.74, 6) is 0.898. The molecule has 11 heteroatoms.